The van der Waals surface area contributed by atoms with E-state index in [1.807, 2.05) is 36.4 Å². The van der Waals surface area contributed by atoms with Crippen LogP contribution in [0.4, 0.5) is 11.4 Å². The Bertz CT molecular complexity index is 949. The van der Waals surface area contributed by atoms with Crippen LogP contribution in [0.15, 0.2) is 54.6 Å². The van der Waals surface area contributed by atoms with Crippen LogP contribution < -0.4 is 9.21 Å². The summed E-state index contributed by atoms with van der Waals surface area (Å²) in [6.07, 6.45) is 15.5. The SMILES string of the molecule is CCCCCCCCCCCCCCC1N(Cc2ccccc2)c2ccccc2N1S(=O)(=O)O. The van der Waals surface area contributed by atoms with Gasteiger partial charge in [-0.3, -0.25) is 4.55 Å². The van der Waals surface area contributed by atoms with Gasteiger partial charge in [0.05, 0.1) is 11.4 Å². The maximum Gasteiger partial charge on any atom is 0.361 e. The van der Waals surface area contributed by atoms with Crippen LogP contribution in [-0.4, -0.2) is 19.1 Å². The first-order valence-electron chi connectivity index (χ1n) is 13.2. The Hall–Kier alpha value is -2.05. The summed E-state index contributed by atoms with van der Waals surface area (Å²) < 4.78 is 36.0. The third kappa shape index (κ3) is 7.74. The van der Waals surface area contributed by atoms with Crippen LogP contribution >= 0.6 is 0 Å². The molecule has 0 radical (unpaired) electrons. The zero-order valence-electron chi connectivity index (χ0n) is 20.7. The smallest absolute Gasteiger partial charge is 0.344 e. The fourth-order valence-electron chi connectivity index (χ4n) is 5.03. The lowest BCUT2D eigenvalue weighted by atomic mass is 10.0. The Morgan fingerprint density at radius 1 is 0.706 bits per heavy atom. The van der Waals surface area contributed by atoms with Crippen molar-refractivity contribution in [2.45, 2.75) is 103 Å². The molecule has 0 aromatic heterocycles. The molecule has 1 unspecified atom stereocenters. The molecule has 5 nitrogen and oxygen atoms in total. The van der Waals surface area contributed by atoms with Crippen molar-refractivity contribution in [2.24, 2.45) is 0 Å². The fraction of sp³-hybridized carbons (Fsp3) is 0.571. The van der Waals surface area contributed by atoms with E-state index in [9.17, 15) is 13.0 Å². The third-order valence-electron chi connectivity index (χ3n) is 6.82. The number of nitrogens with zero attached hydrogens (tertiary/aromatic N) is 2. The van der Waals surface area contributed by atoms with E-state index in [0.29, 0.717) is 18.7 Å². The van der Waals surface area contributed by atoms with Gasteiger partial charge < -0.3 is 4.90 Å². The van der Waals surface area contributed by atoms with E-state index in [0.717, 1.165) is 24.1 Å². The van der Waals surface area contributed by atoms with Crippen LogP contribution in [-0.2, 0) is 16.8 Å². The van der Waals surface area contributed by atoms with Gasteiger partial charge >= 0.3 is 10.3 Å². The molecule has 0 saturated heterocycles. The standard InChI is InChI=1S/C28H42N2O3S/c1-2-3-4-5-6-7-8-9-10-11-12-16-23-28-29(24-25-19-14-13-15-20-25)26-21-17-18-22-27(26)30(28)34(31,32)33/h13-15,17-22,28H,2-12,16,23-24H2,1H3,(H,31,32,33). The van der Waals surface area contributed by atoms with Crippen molar-refractivity contribution in [3.8, 4) is 0 Å². The molecule has 0 fully saturated rings. The molecule has 1 heterocycles. The molecular weight excluding hydrogens is 444 g/mol. The fourth-order valence-corrected chi connectivity index (χ4v) is 5.96. The topological polar surface area (TPSA) is 60.9 Å². The Morgan fingerprint density at radius 2 is 1.21 bits per heavy atom. The van der Waals surface area contributed by atoms with Gasteiger partial charge in [-0.05, 0) is 30.5 Å². The largest absolute Gasteiger partial charge is 0.361 e. The summed E-state index contributed by atoms with van der Waals surface area (Å²) in [4.78, 5) is 2.12. The van der Waals surface area contributed by atoms with E-state index in [2.05, 4.69) is 24.0 Å². The monoisotopic (exact) mass is 486 g/mol. The lowest BCUT2D eigenvalue weighted by Crippen LogP contribution is -2.45. The van der Waals surface area contributed by atoms with Gasteiger partial charge in [0.2, 0.25) is 0 Å². The summed E-state index contributed by atoms with van der Waals surface area (Å²) in [6, 6.07) is 17.6. The average Bonchev–Trinajstić information content (AvgIpc) is 3.14. The zero-order valence-corrected chi connectivity index (χ0v) is 21.6. The van der Waals surface area contributed by atoms with Gasteiger partial charge in [-0.1, -0.05) is 120 Å². The molecule has 0 saturated carbocycles. The van der Waals surface area contributed by atoms with Gasteiger partial charge in [-0.25, -0.2) is 4.31 Å². The van der Waals surface area contributed by atoms with Crippen molar-refractivity contribution in [3.05, 3.63) is 60.2 Å². The minimum Gasteiger partial charge on any atom is -0.344 e. The van der Waals surface area contributed by atoms with Crippen molar-refractivity contribution in [2.75, 3.05) is 9.21 Å². The highest BCUT2D eigenvalue weighted by Crippen LogP contribution is 2.43. The molecule has 0 spiro atoms. The van der Waals surface area contributed by atoms with Crippen molar-refractivity contribution in [3.63, 3.8) is 0 Å². The lowest BCUT2D eigenvalue weighted by molar-refractivity contribution is 0.456. The molecule has 188 valence electrons. The van der Waals surface area contributed by atoms with Crippen LogP contribution in [0.3, 0.4) is 0 Å². The maximum atomic E-state index is 12.4. The predicted molar refractivity (Wildman–Crippen MR) is 143 cm³/mol. The van der Waals surface area contributed by atoms with Gasteiger partial charge in [0.25, 0.3) is 0 Å². The lowest BCUT2D eigenvalue weighted by Gasteiger charge is -2.31. The summed E-state index contributed by atoms with van der Waals surface area (Å²) in [7, 11) is -4.36. The number of rotatable bonds is 16. The second-order valence-corrected chi connectivity index (χ2v) is 10.8. The highest BCUT2D eigenvalue weighted by atomic mass is 32.2. The summed E-state index contributed by atoms with van der Waals surface area (Å²) in [5.41, 5.74) is 2.53. The van der Waals surface area contributed by atoms with Crippen molar-refractivity contribution in [1.29, 1.82) is 0 Å². The molecule has 0 bridgehead atoms. The van der Waals surface area contributed by atoms with Gasteiger partial charge in [-0.2, -0.15) is 8.42 Å². The normalized spacial score (nSPS) is 15.6. The number of hydrogen-bond acceptors (Lipinski definition) is 3. The van der Waals surface area contributed by atoms with Crippen molar-refractivity contribution >= 4 is 21.7 Å². The predicted octanol–water partition coefficient (Wildman–Crippen LogP) is 7.73. The number of hydrogen-bond donors (Lipinski definition) is 1. The average molecular weight is 487 g/mol. The van der Waals surface area contributed by atoms with Crippen LogP contribution in [0, 0.1) is 0 Å². The minimum absolute atomic E-state index is 0.407. The number of fused-ring (bicyclic) bond motifs is 1. The van der Waals surface area contributed by atoms with Crippen molar-refractivity contribution < 1.29 is 13.0 Å². The maximum absolute atomic E-state index is 12.4. The summed E-state index contributed by atoms with van der Waals surface area (Å²) >= 11 is 0. The van der Waals surface area contributed by atoms with Crippen LogP contribution in [0.1, 0.15) is 96.0 Å². The van der Waals surface area contributed by atoms with Crippen LogP contribution in [0.5, 0.6) is 0 Å². The van der Waals surface area contributed by atoms with Gasteiger partial charge in [0, 0.05) is 6.54 Å². The first-order chi connectivity index (χ1) is 16.5. The van der Waals surface area contributed by atoms with Gasteiger partial charge in [0.15, 0.2) is 0 Å². The van der Waals surface area contributed by atoms with Gasteiger partial charge in [0.1, 0.15) is 6.17 Å². The first-order valence-corrected chi connectivity index (χ1v) is 14.6. The van der Waals surface area contributed by atoms with Crippen molar-refractivity contribution in [1.82, 2.24) is 0 Å². The van der Waals surface area contributed by atoms with E-state index in [4.69, 9.17) is 0 Å². The molecule has 2 aromatic rings. The van der Waals surface area contributed by atoms with E-state index >= 15 is 0 Å². The molecule has 1 aliphatic rings. The van der Waals surface area contributed by atoms with E-state index < -0.39 is 16.5 Å². The zero-order chi connectivity index (χ0) is 24.2. The van der Waals surface area contributed by atoms with E-state index in [1.165, 1.54) is 68.5 Å². The summed E-state index contributed by atoms with van der Waals surface area (Å²) in [5.74, 6) is 0. The minimum atomic E-state index is -4.36. The Kier molecular flexibility index (Phi) is 10.7. The Labute approximate surface area is 207 Å². The van der Waals surface area contributed by atoms with Crippen LogP contribution in [0.2, 0.25) is 0 Å². The number of benzene rings is 2. The highest BCUT2D eigenvalue weighted by molar-refractivity contribution is 7.87. The molecule has 1 N–H and O–H groups in total. The third-order valence-corrected chi connectivity index (χ3v) is 7.76. The Balaban J connectivity index is 1.51. The molecule has 3 rings (SSSR count). The van der Waals surface area contributed by atoms with Crippen LogP contribution in [0.25, 0.3) is 0 Å². The number of anilines is 2. The summed E-state index contributed by atoms with van der Waals surface area (Å²) in [6.45, 7) is 2.86. The molecule has 1 aliphatic heterocycles. The van der Waals surface area contributed by atoms with E-state index in [-0.39, 0.29) is 0 Å². The molecular formula is C28H42N2O3S. The molecule has 34 heavy (non-hydrogen) atoms. The second-order valence-electron chi connectivity index (χ2n) is 9.53. The number of para-hydroxylation sites is 2. The number of unbranched alkanes of at least 4 members (excludes halogenated alkanes) is 11. The molecule has 1 atom stereocenters. The second kappa shape index (κ2) is 13.7. The molecule has 6 heteroatoms. The molecule has 0 amide bonds. The molecule has 0 aliphatic carbocycles. The Morgan fingerprint density at radius 3 is 1.76 bits per heavy atom. The highest BCUT2D eigenvalue weighted by Gasteiger charge is 2.41. The molecule has 2 aromatic carbocycles. The quantitative estimate of drug-likeness (QED) is 0.195. The van der Waals surface area contributed by atoms with Gasteiger partial charge in [-0.15, -0.1) is 0 Å². The van der Waals surface area contributed by atoms with E-state index in [1.54, 1.807) is 6.07 Å². The first kappa shape index (κ1) is 26.6. The summed E-state index contributed by atoms with van der Waals surface area (Å²) in [5, 5.41) is 0.